The monoisotopic (exact) mass is 262 g/mol. The van der Waals surface area contributed by atoms with Crippen LogP contribution in [0, 0.1) is 6.92 Å². The average Bonchev–Trinajstić information content (AvgIpc) is 2.02. The van der Waals surface area contributed by atoms with Crippen molar-refractivity contribution in [3.05, 3.63) is 22.3 Å². The number of anilines is 1. The van der Waals surface area contributed by atoms with Crippen molar-refractivity contribution in [3.63, 3.8) is 0 Å². The number of rotatable bonds is 3. The molecule has 0 aliphatic heterocycles. The van der Waals surface area contributed by atoms with Crippen LogP contribution in [0.2, 0.25) is 0 Å². The Morgan fingerprint density at radius 3 is 2.92 bits per heavy atom. The fourth-order valence-corrected chi connectivity index (χ4v) is 1.49. The Hall–Kier alpha value is -0.280. The molecule has 0 saturated heterocycles. The van der Waals surface area contributed by atoms with Crippen molar-refractivity contribution < 1.29 is 0 Å². The minimum absolute atomic E-state index is 0.116. The zero-order valence-corrected chi connectivity index (χ0v) is 9.98. The zero-order chi connectivity index (χ0) is 9.84. The molecule has 0 amide bonds. The molecule has 0 radical (unpaired) electrons. The van der Waals surface area contributed by atoms with Crippen LogP contribution in [0.3, 0.4) is 0 Å². The van der Waals surface area contributed by atoms with Crippen LogP contribution < -0.4 is 5.32 Å². The molecule has 0 saturated carbocycles. The summed E-state index contributed by atoms with van der Waals surface area (Å²) in [6, 6.07) is 2.02. The third kappa shape index (κ3) is 3.53. The van der Waals surface area contributed by atoms with E-state index in [4.69, 9.17) is 11.6 Å². The average molecular weight is 264 g/mol. The third-order valence-electron chi connectivity index (χ3n) is 1.60. The van der Waals surface area contributed by atoms with Gasteiger partial charge in [0.1, 0.15) is 5.82 Å². The summed E-state index contributed by atoms with van der Waals surface area (Å²) in [6.07, 6.45) is 1.77. The fraction of sp³-hybridized carbons (Fsp3) is 0.444. The normalized spacial score (nSPS) is 12.6. The van der Waals surface area contributed by atoms with Gasteiger partial charge in [0.2, 0.25) is 0 Å². The summed E-state index contributed by atoms with van der Waals surface area (Å²) in [4.78, 5) is 4.23. The highest BCUT2D eigenvalue weighted by molar-refractivity contribution is 9.10. The van der Waals surface area contributed by atoms with Gasteiger partial charge in [0, 0.05) is 22.6 Å². The van der Waals surface area contributed by atoms with E-state index < -0.39 is 0 Å². The summed E-state index contributed by atoms with van der Waals surface area (Å²) in [5, 5.41) is 3.29. The first-order chi connectivity index (χ1) is 6.09. The lowest BCUT2D eigenvalue weighted by Crippen LogP contribution is -2.12. The van der Waals surface area contributed by atoms with Crippen molar-refractivity contribution in [2.24, 2.45) is 0 Å². The molecule has 4 heteroatoms. The minimum atomic E-state index is 0.116. The number of pyridine rings is 1. The minimum Gasteiger partial charge on any atom is -0.368 e. The van der Waals surface area contributed by atoms with Gasteiger partial charge in [-0.15, -0.1) is 11.6 Å². The van der Waals surface area contributed by atoms with E-state index in [-0.39, 0.29) is 5.38 Å². The molecule has 0 aromatic carbocycles. The fourth-order valence-electron chi connectivity index (χ4n) is 0.963. The van der Waals surface area contributed by atoms with E-state index >= 15 is 0 Å². The van der Waals surface area contributed by atoms with Gasteiger partial charge in [-0.3, -0.25) is 0 Å². The topological polar surface area (TPSA) is 24.9 Å². The molecule has 1 N–H and O–H groups in total. The van der Waals surface area contributed by atoms with E-state index in [0.29, 0.717) is 0 Å². The highest BCUT2D eigenvalue weighted by atomic mass is 79.9. The molecule has 1 heterocycles. The van der Waals surface area contributed by atoms with Gasteiger partial charge in [-0.2, -0.15) is 0 Å². The molecule has 1 aromatic heterocycles. The number of aromatic nitrogens is 1. The Morgan fingerprint density at radius 2 is 2.38 bits per heavy atom. The maximum absolute atomic E-state index is 5.81. The van der Waals surface area contributed by atoms with Crippen molar-refractivity contribution in [2.75, 3.05) is 11.9 Å². The maximum atomic E-state index is 5.81. The smallest absolute Gasteiger partial charge is 0.128 e. The molecule has 1 unspecified atom stereocenters. The van der Waals surface area contributed by atoms with Crippen LogP contribution in [0.15, 0.2) is 16.7 Å². The van der Waals surface area contributed by atoms with E-state index in [2.05, 4.69) is 26.2 Å². The number of nitrogens with zero attached hydrogens (tertiary/aromatic N) is 1. The molecule has 0 aliphatic carbocycles. The summed E-state index contributed by atoms with van der Waals surface area (Å²) in [6.45, 7) is 4.69. The molecule has 2 nitrogen and oxygen atoms in total. The third-order valence-corrected chi connectivity index (χ3v) is 2.18. The van der Waals surface area contributed by atoms with Crippen molar-refractivity contribution in [2.45, 2.75) is 19.2 Å². The Labute approximate surface area is 91.8 Å². The Kier molecular flexibility index (Phi) is 4.00. The second-order valence-electron chi connectivity index (χ2n) is 2.98. The molecule has 0 spiro atoms. The number of nitrogens with one attached hydrogen (secondary N) is 1. The lowest BCUT2D eigenvalue weighted by atomic mass is 10.3. The predicted molar refractivity (Wildman–Crippen MR) is 60.5 cm³/mol. The van der Waals surface area contributed by atoms with Crippen molar-refractivity contribution >= 4 is 33.3 Å². The molecule has 0 aliphatic rings. The Bertz CT molecular complexity index is 289. The number of halogens is 2. The van der Waals surface area contributed by atoms with E-state index in [1.807, 2.05) is 19.9 Å². The summed E-state index contributed by atoms with van der Waals surface area (Å²) >= 11 is 9.17. The standard InChI is InChI=1S/C9H12BrClN2/c1-6-3-8(10)5-13-9(6)12-4-7(2)11/h3,5,7H,4H2,1-2H3,(H,12,13). The van der Waals surface area contributed by atoms with Gasteiger partial charge in [0.05, 0.1) is 0 Å². The maximum Gasteiger partial charge on any atom is 0.128 e. The van der Waals surface area contributed by atoms with Gasteiger partial charge in [0.15, 0.2) is 0 Å². The van der Waals surface area contributed by atoms with E-state index in [1.165, 1.54) is 0 Å². The molecule has 1 rings (SSSR count). The predicted octanol–water partition coefficient (Wildman–Crippen LogP) is 3.19. The largest absolute Gasteiger partial charge is 0.368 e. The summed E-state index contributed by atoms with van der Waals surface area (Å²) in [7, 11) is 0. The first kappa shape index (κ1) is 10.8. The molecule has 0 fully saturated rings. The van der Waals surface area contributed by atoms with Crippen molar-refractivity contribution in [1.82, 2.24) is 4.98 Å². The van der Waals surface area contributed by atoms with Crippen molar-refractivity contribution in [1.29, 1.82) is 0 Å². The van der Waals surface area contributed by atoms with E-state index in [1.54, 1.807) is 6.20 Å². The van der Waals surface area contributed by atoms with E-state index in [0.717, 1.165) is 22.4 Å². The van der Waals surface area contributed by atoms with Crippen LogP contribution in [0.4, 0.5) is 5.82 Å². The van der Waals surface area contributed by atoms with Crippen molar-refractivity contribution in [3.8, 4) is 0 Å². The van der Waals surface area contributed by atoms with Crippen LogP contribution in [0.5, 0.6) is 0 Å². The Balaban J connectivity index is 2.67. The lowest BCUT2D eigenvalue weighted by Gasteiger charge is -2.09. The number of hydrogen-bond donors (Lipinski definition) is 1. The van der Waals surface area contributed by atoms with Gasteiger partial charge in [-0.1, -0.05) is 0 Å². The first-order valence-electron chi connectivity index (χ1n) is 4.09. The van der Waals surface area contributed by atoms with E-state index in [9.17, 15) is 0 Å². The van der Waals surface area contributed by atoms with Crippen LogP contribution in [0.25, 0.3) is 0 Å². The van der Waals surface area contributed by atoms with Crippen LogP contribution >= 0.6 is 27.5 Å². The van der Waals surface area contributed by atoms with Gasteiger partial charge in [0.25, 0.3) is 0 Å². The summed E-state index contributed by atoms with van der Waals surface area (Å²) < 4.78 is 0.995. The molecule has 13 heavy (non-hydrogen) atoms. The van der Waals surface area contributed by atoms with Gasteiger partial charge in [-0.05, 0) is 41.4 Å². The summed E-state index contributed by atoms with van der Waals surface area (Å²) in [5.41, 5.74) is 1.12. The lowest BCUT2D eigenvalue weighted by molar-refractivity contribution is 0.973. The second-order valence-corrected chi connectivity index (χ2v) is 4.64. The second kappa shape index (κ2) is 4.82. The molecule has 1 atom stereocenters. The molecular formula is C9H12BrClN2. The van der Waals surface area contributed by atoms with Crippen LogP contribution in [-0.4, -0.2) is 16.9 Å². The number of hydrogen-bond acceptors (Lipinski definition) is 2. The first-order valence-corrected chi connectivity index (χ1v) is 5.32. The van der Waals surface area contributed by atoms with Crippen LogP contribution in [-0.2, 0) is 0 Å². The quantitative estimate of drug-likeness (QED) is 0.847. The Morgan fingerprint density at radius 1 is 1.69 bits per heavy atom. The molecule has 0 bridgehead atoms. The van der Waals surface area contributed by atoms with Gasteiger partial charge >= 0.3 is 0 Å². The molecular weight excluding hydrogens is 251 g/mol. The summed E-state index contributed by atoms with van der Waals surface area (Å²) in [5.74, 6) is 0.899. The SMILES string of the molecule is Cc1cc(Br)cnc1NCC(C)Cl. The van der Waals surface area contributed by atoms with Gasteiger partial charge in [-0.25, -0.2) is 4.98 Å². The zero-order valence-electron chi connectivity index (χ0n) is 7.64. The van der Waals surface area contributed by atoms with Crippen LogP contribution in [0.1, 0.15) is 12.5 Å². The number of aryl methyl sites for hydroxylation is 1. The number of alkyl halides is 1. The molecule has 72 valence electrons. The highest BCUT2D eigenvalue weighted by Crippen LogP contribution is 2.16. The van der Waals surface area contributed by atoms with Gasteiger partial charge < -0.3 is 5.32 Å². The highest BCUT2D eigenvalue weighted by Gasteiger charge is 2.01. The molecule has 1 aromatic rings.